The van der Waals surface area contributed by atoms with Crippen LogP contribution in [0.2, 0.25) is 5.02 Å². The highest BCUT2D eigenvalue weighted by Gasteiger charge is 2.28. The van der Waals surface area contributed by atoms with Crippen molar-refractivity contribution in [2.75, 3.05) is 25.4 Å². The molecule has 0 N–H and O–H groups in total. The van der Waals surface area contributed by atoms with Gasteiger partial charge in [0.1, 0.15) is 5.75 Å². The molecule has 1 aliphatic heterocycles. The maximum Gasteiger partial charge on any atom is 0.214 e. The van der Waals surface area contributed by atoms with E-state index >= 15 is 0 Å². The Bertz CT molecular complexity index is 559. The van der Waals surface area contributed by atoms with E-state index in [0.29, 0.717) is 24.7 Å². The number of hydrogen-bond acceptors (Lipinski definition) is 3. The number of unbranched alkanes of at least 4 members (excludes halogenated alkanes) is 1. The van der Waals surface area contributed by atoms with Crippen molar-refractivity contribution in [2.45, 2.75) is 32.6 Å². The average Bonchev–Trinajstić information content (AvgIpc) is 2.53. The van der Waals surface area contributed by atoms with E-state index in [4.69, 9.17) is 16.3 Å². The number of hydrogen-bond donors (Lipinski definition) is 0. The Hall–Kier alpha value is -0.780. The fraction of sp³-hybridized carbons (Fsp3) is 0.625. The van der Waals surface area contributed by atoms with Crippen molar-refractivity contribution < 1.29 is 13.2 Å². The van der Waals surface area contributed by atoms with Gasteiger partial charge in [0.05, 0.1) is 12.4 Å². The van der Waals surface area contributed by atoms with Gasteiger partial charge in [-0.3, -0.25) is 0 Å². The van der Waals surface area contributed by atoms with E-state index in [-0.39, 0.29) is 11.7 Å². The number of sulfonamides is 1. The van der Waals surface area contributed by atoms with E-state index in [1.54, 1.807) is 16.4 Å². The van der Waals surface area contributed by atoms with Crippen molar-refractivity contribution in [2.24, 2.45) is 5.92 Å². The minimum absolute atomic E-state index is 0.251. The summed E-state index contributed by atoms with van der Waals surface area (Å²) in [4.78, 5) is 0. The molecule has 1 atom stereocenters. The zero-order valence-corrected chi connectivity index (χ0v) is 14.6. The fourth-order valence-electron chi connectivity index (χ4n) is 2.62. The number of ether oxygens (including phenoxy) is 1. The summed E-state index contributed by atoms with van der Waals surface area (Å²) >= 11 is 5.84. The summed E-state index contributed by atoms with van der Waals surface area (Å²) < 4.78 is 31.9. The van der Waals surface area contributed by atoms with E-state index in [0.717, 1.165) is 31.4 Å². The quantitative estimate of drug-likeness (QED) is 0.759. The maximum absolute atomic E-state index is 12.3. The summed E-state index contributed by atoms with van der Waals surface area (Å²) in [5.41, 5.74) is 0. The predicted molar refractivity (Wildman–Crippen MR) is 89.9 cm³/mol. The van der Waals surface area contributed by atoms with Gasteiger partial charge in [0, 0.05) is 24.0 Å². The van der Waals surface area contributed by atoms with Crippen LogP contribution in [0, 0.1) is 5.92 Å². The number of rotatable bonds is 7. The number of piperidine rings is 1. The Labute approximate surface area is 138 Å². The van der Waals surface area contributed by atoms with Crippen LogP contribution in [-0.2, 0) is 10.0 Å². The topological polar surface area (TPSA) is 46.6 Å². The molecule has 0 saturated carbocycles. The molecule has 0 bridgehead atoms. The molecule has 1 heterocycles. The average molecular weight is 346 g/mol. The molecule has 0 radical (unpaired) electrons. The van der Waals surface area contributed by atoms with Crippen LogP contribution in [0.25, 0.3) is 0 Å². The maximum atomic E-state index is 12.3. The first kappa shape index (κ1) is 17.6. The molecule has 4 nitrogen and oxygen atoms in total. The highest BCUT2D eigenvalue weighted by Crippen LogP contribution is 2.22. The third kappa shape index (κ3) is 5.14. The molecule has 0 aliphatic carbocycles. The predicted octanol–water partition coefficient (Wildman–Crippen LogP) is 3.56. The highest BCUT2D eigenvalue weighted by molar-refractivity contribution is 7.89. The Morgan fingerprint density at radius 3 is 2.73 bits per heavy atom. The van der Waals surface area contributed by atoms with Gasteiger partial charge in [-0.1, -0.05) is 24.9 Å². The molecule has 1 aromatic rings. The molecule has 1 saturated heterocycles. The largest absolute Gasteiger partial charge is 0.493 e. The standard InChI is InChI=1S/C16H24ClNO3S/c1-2-3-11-22(19,20)18-10-4-5-14(12-18)13-21-16-8-6-15(17)7-9-16/h6-9,14H,2-5,10-13H2,1H3. The lowest BCUT2D eigenvalue weighted by Crippen LogP contribution is -2.42. The number of halogens is 1. The molecular formula is C16H24ClNO3S. The van der Waals surface area contributed by atoms with Gasteiger partial charge in [0.2, 0.25) is 10.0 Å². The molecule has 1 aromatic carbocycles. The summed E-state index contributed by atoms with van der Waals surface area (Å²) in [6, 6.07) is 7.25. The van der Waals surface area contributed by atoms with E-state index in [2.05, 4.69) is 0 Å². The monoisotopic (exact) mass is 345 g/mol. The second-order valence-electron chi connectivity index (χ2n) is 5.80. The number of nitrogens with zero attached hydrogens (tertiary/aromatic N) is 1. The van der Waals surface area contributed by atoms with Crippen molar-refractivity contribution in [3.63, 3.8) is 0 Å². The number of benzene rings is 1. The van der Waals surface area contributed by atoms with Crippen LogP contribution in [0.15, 0.2) is 24.3 Å². The molecule has 0 amide bonds. The molecular weight excluding hydrogens is 322 g/mol. The highest BCUT2D eigenvalue weighted by atomic mass is 35.5. The smallest absolute Gasteiger partial charge is 0.214 e. The molecule has 22 heavy (non-hydrogen) atoms. The van der Waals surface area contributed by atoms with Crippen molar-refractivity contribution in [3.8, 4) is 5.75 Å². The summed E-state index contributed by atoms with van der Waals surface area (Å²) in [5, 5.41) is 0.679. The summed E-state index contributed by atoms with van der Waals surface area (Å²) in [6.45, 7) is 3.76. The van der Waals surface area contributed by atoms with Crippen molar-refractivity contribution in [3.05, 3.63) is 29.3 Å². The van der Waals surface area contributed by atoms with Gasteiger partial charge >= 0.3 is 0 Å². The van der Waals surface area contributed by atoms with E-state index in [9.17, 15) is 8.42 Å². The van der Waals surface area contributed by atoms with Crippen LogP contribution >= 0.6 is 11.6 Å². The lowest BCUT2D eigenvalue weighted by atomic mass is 10.0. The molecule has 2 rings (SSSR count). The van der Waals surface area contributed by atoms with Gasteiger partial charge in [-0.2, -0.15) is 0 Å². The Balaban J connectivity index is 1.86. The zero-order valence-electron chi connectivity index (χ0n) is 13.0. The molecule has 6 heteroatoms. The SMILES string of the molecule is CCCCS(=O)(=O)N1CCCC(COc2ccc(Cl)cc2)C1. The summed E-state index contributed by atoms with van der Waals surface area (Å²) in [6.07, 6.45) is 3.54. The molecule has 124 valence electrons. The van der Waals surface area contributed by atoms with Crippen LogP contribution in [-0.4, -0.2) is 38.2 Å². The Morgan fingerprint density at radius 2 is 2.05 bits per heavy atom. The minimum Gasteiger partial charge on any atom is -0.493 e. The van der Waals surface area contributed by atoms with Crippen LogP contribution in [0.4, 0.5) is 0 Å². The summed E-state index contributed by atoms with van der Waals surface area (Å²) in [5.74, 6) is 1.28. The van der Waals surface area contributed by atoms with Crippen LogP contribution in [0.1, 0.15) is 32.6 Å². The normalized spacial score (nSPS) is 20.0. The van der Waals surface area contributed by atoms with E-state index < -0.39 is 10.0 Å². The zero-order chi connectivity index (χ0) is 16.0. The van der Waals surface area contributed by atoms with Crippen molar-refractivity contribution in [1.29, 1.82) is 0 Å². The first-order valence-electron chi connectivity index (χ1n) is 7.87. The second-order valence-corrected chi connectivity index (χ2v) is 8.33. The molecule has 0 spiro atoms. The van der Waals surface area contributed by atoms with Crippen molar-refractivity contribution >= 4 is 21.6 Å². The van der Waals surface area contributed by atoms with Gasteiger partial charge in [-0.05, 0) is 43.5 Å². The molecule has 1 aliphatic rings. The lowest BCUT2D eigenvalue weighted by molar-refractivity contribution is 0.180. The minimum atomic E-state index is -3.11. The molecule has 0 aromatic heterocycles. The van der Waals surface area contributed by atoms with Crippen LogP contribution < -0.4 is 4.74 Å². The van der Waals surface area contributed by atoms with Gasteiger partial charge in [-0.25, -0.2) is 12.7 Å². The van der Waals surface area contributed by atoms with Gasteiger partial charge in [0.15, 0.2) is 0 Å². The lowest BCUT2D eigenvalue weighted by Gasteiger charge is -2.31. The third-order valence-electron chi connectivity index (χ3n) is 3.93. The van der Waals surface area contributed by atoms with Crippen LogP contribution in [0.5, 0.6) is 5.75 Å². The van der Waals surface area contributed by atoms with Crippen molar-refractivity contribution in [1.82, 2.24) is 4.31 Å². The molecule has 1 fully saturated rings. The van der Waals surface area contributed by atoms with Crippen LogP contribution in [0.3, 0.4) is 0 Å². The van der Waals surface area contributed by atoms with E-state index in [1.807, 2.05) is 19.1 Å². The van der Waals surface area contributed by atoms with Gasteiger partial charge in [-0.15, -0.1) is 0 Å². The first-order valence-corrected chi connectivity index (χ1v) is 9.86. The van der Waals surface area contributed by atoms with Gasteiger partial charge in [0.25, 0.3) is 0 Å². The third-order valence-corrected chi connectivity index (χ3v) is 6.11. The van der Waals surface area contributed by atoms with E-state index in [1.165, 1.54) is 0 Å². The fourth-order valence-corrected chi connectivity index (χ4v) is 4.50. The summed E-state index contributed by atoms with van der Waals surface area (Å²) in [7, 11) is -3.11. The Morgan fingerprint density at radius 1 is 1.32 bits per heavy atom. The second kappa shape index (κ2) is 8.18. The Kier molecular flexibility index (Phi) is 6.53. The molecule has 1 unspecified atom stereocenters. The van der Waals surface area contributed by atoms with Gasteiger partial charge < -0.3 is 4.74 Å². The first-order chi connectivity index (χ1) is 10.5.